The molecule has 0 aliphatic rings. The Morgan fingerprint density at radius 1 is 1.32 bits per heavy atom. The molecule has 1 heterocycles. The molecule has 1 aromatic carbocycles. The van der Waals surface area contributed by atoms with E-state index in [1.807, 2.05) is 6.20 Å². The van der Waals surface area contributed by atoms with Crippen LogP contribution in [0.25, 0.3) is 10.9 Å². The fraction of sp³-hybridized carbons (Fsp3) is 0.438. The number of hydrogen-bond donors (Lipinski definition) is 0. The average molecular weight is 261 g/mol. The van der Waals surface area contributed by atoms with Crippen LogP contribution in [0.3, 0.4) is 0 Å². The van der Waals surface area contributed by atoms with Crippen LogP contribution in [0.5, 0.6) is 0 Å². The van der Waals surface area contributed by atoms with Crippen molar-refractivity contribution in [3.8, 4) is 0 Å². The number of hydrogen-bond acceptors (Lipinski definition) is 1. The Bertz CT molecular complexity index is 586. The maximum atomic E-state index is 13.4. The number of aryl methyl sites for hydroxylation is 1. The number of unbranched alkanes of at least 4 members (excludes halogenated alkanes) is 2. The molecule has 0 radical (unpaired) electrons. The van der Waals surface area contributed by atoms with Gasteiger partial charge in [0.15, 0.2) is 0 Å². The quantitative estimate of drug-likeness (QED) is 0.717. The van der Waals surface area contributed by atoms with E-state index in [4.69, 9.17) is 0 Å². The number of Topliss-reactive ketones (excluding diaryl/α,β-unsaturated/α-hetero) is 1. The molecule has 2 rings (SSSR count). The standard InChI is InChI=1S/C16H20FNO/c1-3-4-5-8-18-11-13(9-12(2)19)15-7-6-14(17)10-16(15)18/h6-7,10-11H,3-5,8-9H2,1-2H3. The van der Waals surface area contributed by atoms with Crippen LogP contribution in [0, 0.1) is 5.82 Å². The van der Waals surface area contributed by atoms with Gasteiger partial charge in [-0.05, 0) is 37.1 Å². The van der Waals surface area contributed by atoms with Crippen LogP contribution in [0.15, 0.2) is 24.4 Å². The molecule has 0 fully saturated rings. The molecule has 0 N–H and O–H groups in total. The summed E-state index contributed by atoms with van der Waals surface area (Å²) in [5.74, 6) is -0.0892. The van der Waals surface area contributed by atoms with E-state index in [0.717, 1.165) is 42.3 Å². The van der Waals surface area contributed by atoms with E-state index in [1.54, 1.807) is 19.1 Å². The molecule has 0 saturated heterocycles. The van der Waals surface area contributed by atoms with Crippen LogP contribution in [-0.4, -0.2) is 10.4 Å². The highest BCUT2D eigenvalue weighted by Crippen LogP contribution is 2.23. The van der Waals surface area contributed by atoms with Crippen LogP contribution in [0.4, 0.5) is 4.39 Å². The molecule has 0 aliphatic heterocycles. The summed E-state index contributed by atoms with van der Waals surface area (Å²) in [6.45, 7) is 4.63. The lowest BCUT2D eigenvalue weighted by molar-refractivity contribution is -0.116. The van der Waals surface area contributed by atoms with Crippen LogP contribution < -0.4 is 0 Å². The van der Waals surface area contributed by atoms with E-state index in [1.165, 1.54) is 6.07 Å². The molecule has 19 heavy (non-hydrogen) atoms. The monoisotopic (exact) mass is 261 g/mol. The molecule has 0 bridgehead atoms. The number of carbonyl (C=O) groups excluding carboxylic acids is 1. The van der Waals surface area contributed by atoms with Gasteiger partial charge < -0.3 is 4.57 Å². The highest BCUT2D eigenvalue weighted by Gasteiger charge is 2.10. The van der Waals surface area contributed by atoms with Crippen LogP contribution in [0.1, 0.15) is 38.7 Å². The van der Waals surface area contributed by atoms with Crippen molar-refractivity contribution in [2.24, 2.45) is 0 Å². The zero-order chi connectivity index (χ0) is 13.8. The number of aromatic nitrogens is 1. The van der Waals surface area contributed by atoms with Crippen molar-refractivity contribution in [1.29, 1.82) is 0 Å². The Labute approximate surface area is 113 Å². The third kappa shape index (κ3) is 3.22. The number of halogens is 1. The minimum atomic E-state index is -0.225. The van der Waals surface area contributed by atoms with Crippen molar-refractivity contribution in [3.63, 3.8) is 0 Å². The second kappa shape index (κ2) is 6.00. The van der Waals surface area contributed by atoms with E-state index < -0.39 is 0 Å². The van der Waals surface area contributed by atoms with Crippen molar-refractivity contribution >= 4 is 16.7 Å². The van der Waals surface area contributed by atoms with E-state index >= 15 is 0 Å². The van der Waals surface area contributed by atoms with Gasteiger partial charge >= 0.3 is 0 Å². The van der Waals surface area contributed by atoms with Crippen molar-refractivity contribution < 1.29 is 9.18 Å². The van der Waals surface area contributed by atoms with E-state index in [0.29, 0.717) is 6.42 Å². The Balaban J connectivity index is 2.38. The SMILES string of the molecule is CCCCCn1cc(CC(C)=O)c2ccc(F)cc21. The highest BCUT2D eigenvalue weighted by molar-refractivity contribution is 5.89. The molecule has 0 saturated carbocycles. The third-order valence-electron chi connectivity index (χ3n) is 3.37. The summed E-state index contributed by atoms with van der Waals surface area (Å²) < 4.78 is 15.5. The largest absolute Gasteiger partial charge is 0.347 e. The first-order chi connectivity index (χ1) is 9.11. The van der Waals surface area contributed by atoms with Gasteiger partial charge in [0.05, 0.1) is 5.52 Å². The summed E-state index contributed by atoms with van der Waals surface area (Å²) in [6.07, 6.45) is 5.82. The zero-order valence-corrected chi connectivity index (χ0v) is 11.6. The lowest BCUT2D eigenvalue weighted by Gasteiger charge is -2.04. The fourth-order valence-electron chi connectivity index (χ4n) is 2.47. The number of benzene rings is 1. The summed E-state index contributed by atoms with van der Waals surface area (Å²) in [5, 5.41) is 0.994. The number of carbonyl (C=O) groups is 1. The van der Waals surface area contributed by atoms with Crippen LogP contribution >= 0.6 is 0 Å². The van der Waals surface area contributed by atoms with Gasteiger partial charge in [0, 0.05) is 24.5 Å². The molecule has 3 heteroatoms. The molecule has 0 aliphatic carbocycles. The molecule has 0 spiro atoms. The summed E-state index contributed by atoms with van der Waals surface area (Å²) in [4.78, 5) is 11.3. The molecule has 0 atom stereocenters. The number of rotatable bonds is 6. The van der Waals surface area contributed by atoms with Crippen LogP contribution in [0.2, 0.25) is 0 Å². The minimum Gasteiger partial charge on any atom is -0.347 e. The molecule has 1 aromatic heterocycles. The summed E-state index contributed by atoms with van der Waals surface area (Å²) in [6, 6.07) is 4.80. The summed E-state index contributed by atoms with van der Waals surface area (Å²) in [7, 11) is 0. The Hall–Kier alpha value is -1.64. The van der Waals surface area contributed by atoms with E-state index in [9.17, 15) is 9.18 Å². The van der Waals surface area contributed by atoms with Gasteiger partial charge in [-0.25, -0.2) is 4.39 Å². The summed E-state index contributed by atoms with van der Waals surface area (Å²) >= 11 is 0. The smallest absolute Gasteiger partial charge is 0.134 e. The van der Waals surface area contributed by atoms with Gasteiger partial charge in [-0.2, -0.15) is 0 Å². The van der Waals surface area contributed by atoms with Crippen molar-refractivity contribution in [2.45, 2.75) is 46.1 Å². The summed E-state index contributed by atoms with van der Waals surface area (Å²) in [5.41, 5.74) is 1.89. The van der Waals surface area contributed by atoms with Crippen molar-refractivity contribution in [2.75, 3.05) is 0 Å². The average Bonchev–Trinajstić information content (AvgIpc) is 2.67. The van der Waals surface area contributed by atoms with Gasteiger partial charge in [-0.15, -0.1) is 0 Å². The van der Waals surface area contributed by atoms with Crippen LogP contribution in [-0.2, 0) is 17.8 Å². The normalized spacial score (nSPS) is 11.1. The first kappa shape index (κ1) is 13.8. The second-order valence-corrected chi connectivity index (χ2v) is 5.10. The lowest BCUT2D eigenvalue weighted by atomic mass is 10.1. The predicted octanol–water partition coefficient (Wildman–Crippen LogP) is 4.10. The van der Waals surface area contributed by atoms with Crippen molar-refractivity contribution in [3.05, 3.63) is 35.8 Å². The third-order valence-corrected chi connectivity index (χ3v) is 3.37. The first-order valence-corrected chi connectivity index (χ1v) is 6.88. The number of ketones is 1. The minimum absolute atomic E-state index is 0.136. The molecule has 2 aromatic rings. The maximum absolute atomic E-state index is 13.4. The molecule has 0 unspecified atom stereocenters. The van der Waals surface area contributed by atoms with Gasteiger partial charge in [-0.3, -0.25) is 4.79 Å². The Morgan fingerprint density at radius 2 is 2.11 bits per heavy atom. The van der Waals surface area contributed by atoms with Gasteiger partial charge in [-0.1, -0.05) is 19.8 Å². The Morgan fingerprint density at radius 3 is 2.79 bits per heavy atom. The molecule has 102 valence electrons. The molecular formula is C16H20FNO. The van der Waals surface area contributed by atoms with E-state index in [2.05, 4.69) is 11.5 Å². The van der Waals surface area contributed by atoms with E-state index in [-0.39, 0.29) is 11.6 Å². The first-order valence-electron chi connectivity index (χ1n) is 6.88. The fourth-order valence-corrected chi connectivity index (χ4v) is 2.47. The van der Waals surface area contributed by atoms with Crippen molar-refractivity contribution in [1.82, 2.24) is 4.57 Å². The molecule has 0 amide bonds. The topological polar surface area (TPSA) is 22.0 Å². The maximum Gasteiger partial charge on any atom is 0.134 e. The number of fused-ring (bicyclic) bond motifs is 1. The van der Waals surface area contributed by atoms with Gasteiger partial charge in [0.25, 0.3) is 0 Å². The Kier molecular flexibility index (Phi) is 4.35. The lowest BCUT2D eigenvalue weighted by Crippen LogP contribution is -1.97. The van der Waals surface area contributed by atoms with Gasteiger partial charge in [0.1, 0.15) is 11.6 Å². The van der Waals surface area contributed by atoms with Gasteiger partial charge in [0.2, 0.25) is 0 Å². The molecular weight excluding hydrogens is 241 g/mol. The molecule has 2 nitrogen and oxygen atoms in total. The predicted molar refractivity (Wildman–Crippen MR) is 75.8 cm³/mol. The number of nitrogens with zero attached hydrogens (tertiary/aromatic N) is 1. The zero-order valence-electron chi connectivity index (χ0n) is 11.6. The second-order valence-electron chi connectivity index (χ2n) is 5.10. The highest BCUT2D eigenvalue weighted by atomic mass is 19.1.